The van der Waals surface area contributed by atoms with E-state index in [2.05, 4.69) is 33.9 Å². The predicted molar refractivity (Wildman–Crippen MR) is 230 cm³/mol. The summed E-state index contributed by atoms with van der Waals surface area (Å²) in [6.45, 7) is 10.2. The number of carbonyl (C=O) groups is 1. The maximum Gasteiger partial charge on any atom is 0.323 e. The molecule has 1 unspecified atom stereocenters. The molecule has 0 aliphatic rings. The fourth-order valence-corrected chi connectivity index (χ4v) is 8.60. The molecule has 2 rings (SSSR count). The molecule has 2 heterocycles. The number of fused-ring (bicyclic) bond motifs is 1. The van der Waals surface area contributed by atoms with Gasteiger partial charge in [0.2, 0.25) is 0 Å². The van der Waals surface area contributed by atoms with Crippen molar-refractivity contribution in [2.75, 3.05) is 38.5 Å². The van der Waals surface area contributed by atoms with Crippen LogP contribution in [0.3, 0.4) is 0 Å². The Morgan fingerprint density at radius 3 is 1.75 bits per heavy atom. The lowest BCUT2D eigenvalue weighted by Crippen LogP contribution is -2.35. The highest BCUT2D eigenvalue weighted by molar-refractivity contribution is 7.56. The molecule has 12 nitrogen and oxygen atoms in total. The van der Waals surface area contributed by atoms with Gasteiger partial charge in [0.15, 0.2) is 11.5 Å². The highest BCUT2D eigenvalue weighted by atomic mass is 31.2. The normalized spacial score (nSPS) is 13.9. The lowest BCUT2D eigenvalue weighted by molar-refractivity contribution is -0.145. The Hall–Kier alpha value is -2.11. The zero-order valence-electron chi connectivity index (χ0n) is 36.0. The topological polar surface area (TPSA) is 153 Å². The summed E-state index contributed by atoms with van der Waals surface area (Å²) in [5, 5.41) is 2.93. The van der Waals surface area contributed by atoms with Gasteiger partial charge in [-0.2, -0.15) is 0 Å². The molecule has 0 spiro atoms. The molecule has 3 atom stereocenters. The number of nitrogens with two attached hydrogens (primary N) is 1. The Bertz CT molecular complexity index is 1300. The van der Waals surface area contributed by atoms with Crippen molar-refractivity contribution in [3.8, 4) is 0 Å². The summed E-state index contributed by atoms with van der Waals surface area (Å²) in [5.41, 5.74) is 7.06. The monoisotopic (exact) mass is 809 g/mol. The second kappa shape index (κ2) is 32.8. The molecule has 0 radical (unpaired) electrons. The lowest BCUT2D eigenvalue weighted by atomic mass is 10.0. The Morgan fingerprint density at radius 1 is 0.696 bits per heavy atom. The second-order valence-corrected chi connectivity index (χ2v) is 17.8. The minimum absolute atomic E-state index is 0.212. The molecule has 0 aliphatic carbocycles. The standard InChI is InChI=1S/C43H81N6O6P/c1-5-7-9-11-13-15-17-18-19-20-21-23-25-27-30-52-31-29-33-55-56(51,37-54-38(3)34-49-36-47-40-41(44)45-35-46-42(40)49)48-39(4)43(50)53-32-28-26-24-22-16-14-12-10-8-6-2/h35-36,38-39H,5-34,37H2,1-4H3,(H,48,51)(H2,44,45,46)/t38-,39+,56?/m1/s1. The molecular weight excluding hydrogens is 727 g/mol. The van der Waals surface area contributed by atoms with Crippen LogP contribution in [-0.4, -0.2) is 70.4 Å². The van der Waals surface area contributed by atoms with Crippen molar-refractivity contribution in [2.45, 2.75) is 207 Å². The van der Waals surface area contributed by atoms with Gasteiger partial charge in [0.25, 0.3) is 7.52 Å². The number of anilines is 1. The van der Waals surface area contributed by atoms with Crippen LogP contribution in [0.1, 0.15) is 188 Å². The number of carbonyl (C=O) groups excluding carboxylic acids is 1. The van der Waals surface area contributed by atoms with Crippen molar-refractivity contribution in [3.63, 3.8) is 0 Å². The summed E-state index contributed by atoms with van der Waals surface area (Å²) in [6, 6.07) is -0.823. The Kier molecular flexibility index (Phi) is 29.3. The molecule has 0 aromatic carbocycles. The van der Waals surface area contributed by atoms with Crippen LogP contribution in [0.15, 0.2) is 12.7 Å². The Labute approximate surface area is 340 Å². The van der Waals surface area contributed by atoms with Gasteiger partial charge in [0.1, 0.15) is 24.2 Å². The van der Waals surface area contributed by atoms with Gasteiger partial charge in [-0.25, -0.2) is 20.0 Å². The number of aromatic nitrogens is 4. The van der Waals surface area contributed by atoms with E-state index in [1.54, 1.807) is 13.3 Å². The maximum absolute atomic E-state index is 14.1. The van der Waals surface area contributed by atoms with Crippen LogP contribution >= 0.6 is 7.52 Å². The summed E-state index contributed by atoms with van der Waals surface area (Å²) in [4.78, 5) is 25.5. The van der Waals surface area contributed by atoms with E-state index in [-0.39, 0.29) is 19.1 Å². The molecule has 0 amide bonds. The van der Waals surface area contributed by atoms with Gasteiger partial charge >= 0.3 is 5.97 Å². The number of hydrogen-bond acceptors (Lipinski definition) is 10. The molecule has 0 aliphatic heterocycles. The first-order valence-corrected chi connectivity index (χ1v) is 24.4. The quantitative estimate of drug-likeness (QED) is 0.0377. The van der Waals surface area contributed by atoms with E-state index in [0.29, 0.717) is 43.2 Å². The van der Waals surface area contributed by atoms with Crippen molar-refractivity contribution in [2.24, 2.45) is 0 Å². The highest BCUT2D eigenvalue weighted by Crippen LogP contribution is 2.43. The molecule has 0 fully saturated rings. The maximum atomic E-state index is 14.1. The van der Waals surface area contributed by atoms with Crippen LogP contribution < -0.4 is 10.8 Å². The van der Waals surface area contributed by atoms with Gasteiger partial charge in [-0.15, -0.1) is 0 Å². The highest BCUT2D eigenvalue weighted by Gasteiger charge is 2.30. The first kappa shape index (κ1) is 50.0. The fraction of sp³-hybridized carbons (Fsp3) is 0.860. The molecule has 56 heavy (non-hydrogen) atoms. The number of imidazole rings is 1. The lowest BCUT2D eigenvalue weighted by Gasteiger charge is -2.24. The largest absolute Gasteiger partial charge is 0.465 e. The van der Waals surface area contributed by atoms with E-state index < -0.39 is 19.5 Å². The zero-order chi connectivity index (χ0) is 40.5. The van der Waals surface area contributed by atoms with Crippen molar-refractivity contribution < 1.29 is 28.1 Å². The molecule has 13 heteroatoms. The molecule has 2 aromatic heterocycles. The number of nitrogens with one attached hydrogen (secondary N) is 1. The first-order chi connectivity index (χ1) is 27.3. The molecule has 324 valence electrons. The summed E-state index contributed by atoms with van der Waals surface area (Å²) in [6.07, 6.45) is 33.7. The number of hydrogen-bond donors (Lipinski definition) is 2. The van der Waals surface area contributed by atoms with Gasteiger partial charge in [0, 0.05) is 13.2 Å². The Morgan fingerprint density at radius 2 is 1.20 bits per heavy atom. The van der Waals surface area contributed by atoms with Crippen LogP contribution in [0.5, 0.6) is 0 Å². The van der Waals surface area contributed by atoms with Crippen molar-refractivity contribution >= 4 is 30.5 Å². The average molecular weight is 809 g/mol. The molecule has 0 saturated heterocycles. The first-order valence-electron chi connectivity index (χ1n) is 22.6. The molecule has 0 saturated carbocycles. The van der Waals surface area contributed by atoms with Gasteiger partial charge in [0.05, 0.1) is 32.2 Å². The summed E-state index contributed by atoms with van der Waals surface area (Å²) in [7, 11) is -3.59. The molecule has 3 N–H and O–H groups in total. The Balaban J connectivity index is 1.68. The van der Waals surface area contributed by atoms with E-state index in [1.807, 2.05) is 11.5 Å². The van der Waals surface area contributed by atoms with Crippen molar-refractivity contribution in [3.05, 3.63) is 12.7 Å². The minimum atomic E-state index is -3.59. The van der Waals surface area contributed by atoms with Crippen LogP contribution in [0.25, 0.3) is 11.2 Å². The van der Waals surface area contributed by atoms with Crippen LogP contribution in [-0.2, 0) is 34.6 Å². The summed E-state index contributed by atoms with van der Waals surface area (Å²) >= 11 is 0. The number of rotatable bonds is 39. The second-order valence-electron chi connectivity index (χ2n) is 15.7. The van der Waals surface area contributed by atoms with Crippen molar-refractivity contribution in [1.29, 1.82) is 0 Å². The predicted octanol–water partition coefficient (Wildman–Crippen LogP) is 11.3. The van der Waals surface area contributed by atoms with Gasteiger partial charge < -0.3 is 29.0 Å². The number of ether oxygens (including phenoxy) is 3. The number of nitrogen functional groups attached to an aromatic ring is 1. The van der Waals surface area contributed by atoms with Gasteiger partial charge in [-0.05, 0) is 33.1 Å². The average Bonchev–Trinajstić information content (AvgIpc) is 3.60. The van der Waals surface area contributed by atoms with E-state index in [9.17, 15) is 9.36 Å². The van der Waals surface area contributed by atoms with E-state index in [0.717, 1.165) is 32.3 Å². The van der Waals surface area contributed by atoms with Gasteiger partial charge in [-0.3, -0.25) is 9.36 Å². The van der Waals surface area contributed by atoms with E-state index >= 15 is 0 Å². The third kappa shape index (κ3) is 24.0. The summed E-state index contributed by atoms with van der Waals surface area (Å²) < 4.78 is 39.3. The van der Waals surface area contributed by atoms with Crippen LogP contribution in [0, 0.1) is 0 Å². The van der Waals surface area contributed by atoms with Crippen LogP contribution in [0.2, 0.25) is 0 Å². The van der Waals surface area contributed by atoms with Crippen molar-refractivity contribution in [1.82, 2.24) is 24.6 Å². The summed E-state index contributed by atoms with van der Waals surface area (Å²) in [5.74, 6) is -0.140. The smallest absolute Gasteiger partial charge is 0.323 e. The molecule has 0 bridgehead atoms. The SMILES string of the molecule is CCCCCCCCCCCCCCCCOCCCOP(=O)(CO[C@H](C)Cn1cnc2c(N)ncnc21)N[C@@H](C)C(=O)OCCCCCCCCCCCC. The fourth-order valence-electron chi connectivity index (χ4n) is 6.81. The van der Waals surface area contributed by atoms with Crippen LogP contribution in [0.4, 0.5) is 5.82 Å². The van der Waals surface area contributed by atoms with E-state index in [1.165, 1.54) is 135 Å². The number of unbranched alkanes of at least 4 members (excludes halogenated alkanes) is 22. The third-order valence-corrected chi connectivity index (χ3v) is 12.1. The zero-order valence-corrected chi connectivity index (χ0v) is 36.9. The minimum Gasteiger partial charge on any atom is -0.465 e. The molecule has 2 aromatic rings. The van der Waals surface area contributed by atoms with E-state index in [4.69, 9.17) is 24.5 Å². The number of nitrogens with zero attached hydrogens (tertiary/aromatic N) is 4. The van der Waals surface area contributed by atoms with Gasteiger partial charge in [-0.1, -0.05) is 155 Å². The third-order valence-electron chi connectivity index (χ3n) is 10.3. The molecular formula is C43H81N6O6P. The number of esters is 1.